The Balaban J connectivity index is 3.74. The molecule has 0 aromatic rings. The number of nitrogens with zero attached hydrogens (tertiary/aromatic N) is 1. The Hall–Kier alpha value is -0.990. The standard InChI is InChI=1S/C5H9N2O/c1-7(2)3-5(6)4-8/h3H,6H2,1-2H3. The van der Waals surface area contributed by atoms with Crippen molar-refractivity contribution in [3.8, 4) is 0 Å². The number of carbonyl (C=O) groups excluding carboxylic acids is 1. The molecule has 8 heavy (non-hydrogen) atoms. The zero-order valence-corrected chi connectivity index (χ0v) is 5.01. The van der Waals surface area contributed by atoms with E-state index in [-0.39, 0.29) is 5.70 Å². The van der Waals surface area contributed by atoms with Crippen LogP contribution in [-0.2, 0) is 4.79 Å². The van der Waals surface area contributed by atoms with Gasteiger partial charge in [0.15, 0.2) is 0 Å². The summed E-state index contributed by atoms with van der Waals surface area (Å²) in [6.07, 6.45) is 3.04. The predicted molar refractivity (Wildman–Crippen MR) is 31.7 cm³/mol. The van der Waals surface area contributed by atoms with Crippen LogP contribution in [0.4, 0.5) is 0 Å². The topological polar surface area (TPSA) is 46.3 Å². The van der Waals surface area contributed by atoms with Gasteiger partial charge < -0.3 is 10.6 Å². The molecule has 0 heterocycles. The van der Waals surface area contributed by atoms with Gasteiger partial charge in [-0.1, -0.05) is 0 Å². The summed E-state index contributed by atoms with van der Waals surface area (Å²) in [7, 11) is 3.56. The van der Waals surface area contributed by atoms with Gasteiger partial charge in [-0.05, 0) is 0 Å². The Morgan fingerprint density at radius 1 is 1.75 bits per heavy atom. The minimum Gasteiger partial charge on any atom is -0.394 e. The minimum atomic E-state index is 0.120. The molecule has 0 aliphatic rings. The Labute approximate surface area is 48.8 Å². The van der Waals surface area contributed by atoms with Gasteiger partial charge in [0, 0.05) is 20.3 Å². The first-order valence-corrected chi connectivity index (χ1v) is 2.18. The maximum atomic E-state index is 9.70. The van der Waals surface area contributed by atoms with E-state index in [1.807, 2.05) is 0 Å². The number of nitrogens with two attached hydrogens (primary N) is 1. The Kier molecular flexibility index (Phi) is 2.69. The van der Waals surface area contributed by atoms with Crippen LogP contribution in [-0.4, -0.2) is 25.3 Å². The van der Waals surface area contributed by atoms with Crippen LogP contribution in [0.25, 0.3) is 0 Å². The number of hydrogen-bond donors (Lipinski definition) is 1. The normalized spacial score (nSPS) is 11.0. The number of hydrogen-bond acceptors (Lipinski definition) is 3. The molecule has 0 bridgehead atoms. The van der Waals surface area contributed by atoms with Crippen molar-refractivity contribution in [1.82, 2.24) is 4.90 Å². The molecule has 0 fully saturated rings. The van der Waals surface area contributed by atoms with Crippen molar-refractivity contribution in [2.45, 2.75) is 0 Å². The van der Waals surface area contributed by atoms with Gasteiger partial charge in [-0.2, -0.15) is 0 Å². The molecule has 0 unspecified atom stereocenters. The molecular weight excluding hydrogens is 104 g/mol. The van der Waals surface area contributed by atoms with E-state index in [1.165, 1.54) is 6.20 Å². The van der Waals surface area contributed by atoms with Crippen molar-refractivity contribution in [1.29, 1.82) is 0 Å². The Bertz CT molecular complexity index is 107. The van der Waals surface area contributed by atoms with E-state index in [0.717, 1.165) is 0 Å². The van der Waals surface area contributed by atoms with Crippen LogP contribution in [0.2, 0.25) is 0 Å². The maximum absolute atomic E-state index is 9.70. The summed E-state index contributed by atoms with van der Waals surface area (Å²) in [5, 5.41) is 0. The summed E-state index contributed by atoms with van der Waals surface area (Å²) in [5.74, 6) is 0. The monoisotopic (exact) mass is 113 g/mol. The van der Waals surface area contributed by atoms with Gasteiger partial charge in [0.25, 0.3) is 6.29 Å². The summed E-state index contributed by atoms with van der Waals surface area (Å²) in [6.45, 7) is 0. The minimum absolute atomic E-state index is 0.120. The average molecular weight is 113 g/mol. The third kappa shape index (κ3) is 3.21. The van der Waals surface area contributed by atoms with E-state index in [9.17, 15) is 4.79 Å². The predicted octanol–water partition coefficient (Wildman–Crippen LogP) is -0.542. The third-order valence-corrected chi connectivity index (χ3v) is 0.515. The maximum Gasteiger partial charge on any atom is 0.252 e. The first-order chi connectivity index (χ1) is 3.66. The first-order valence-electron chi connectivity index (χ1n) is 2.18. The van der Waals surface area contributed by atoms with Crippen molar-refractivity contribution in [2.75, 3.05) is 14.1 Å². The fourth-order valence-corrected chi connectivity index (χ4v) is 0.305. The zero-order valence-electron chi connectivity index (χ0n) is 5.01. The van der Waals surface area contributed by atoms with E-state index >= 15 is 0 Å². The highest BCUT2D eigenvalue weighted by Crippen LogP contribution is 1.78. The summed E-state index contributed by atoms with van der Waals surface area (Å²) < 4.78 is 0. The van der Waals surface area contributed by atoms with Crippen molar-refractivity contribution in [2.24, 2.45) is 5.73 Å². The van der Waals surface area contributed by atoms with Crippen molar-refractivity contribution >= 4 is 6.29 Å². The molecule has 0 atom stereocenters. The zero-order chi connectivity index (χ0) is 6.57. The quantitative estimate of drug-likeness (QED) is 0.489. The van der Waals surface area contributed by atoms with Gasteiger partial charge >= 0.3 is 0 Å². The molecule has 1 radical (unpaired) electrons. The van der Waals surface area contributed by atoms with E-state index in [4.69, 9.17) is 5.73 Å². The van der Waals surface area contributed by atoms with Gasteiger partial charge in [-0.25, -0.2) is 0 Å². The van der Waals surface area contributed by atoms with Crippen LogP contribution in [0, 0.1) is 0 Å². The van der Waals surface area contributed by atoms with E-state index < -0.39 is 0 Å². The molecule has 0 amide bonds. The lowest BCUT2D eigenvalue weighted by molar-refractivity contribution is 0.546. The summed E-state index contributed by atoms with van der Waals surface area (Å²) in [5.41, 5.74) is 5.19. The van der Waals surface area contributed by atoms with E-state index in [0.29, 0.717) is 0 Å². The highest BCUT2D eigenvalue weighted by Gasteiger charge is 1.84. The highest BCUT2D eigenvalue weighted by atomic mass is 16.1. The van der Waals surface area contributed by atoms with Crippen molar-refractivity contribution in [3.63, 3.8) is 0 Å². The molecule has 45 valence electrons. The molecule has 0 aromatic heterocycles. The lowest BCUT2D eigenvalue weighted by Crippen LogP contribution is -2.08. The van der Waals surface area contributed by atoms with Gasteiger partial charge in [0.05, 0.1) is 5.70 Å². The largest absolute Gasteiger partial charge is 0.394 e. The SMILES string of the molecule is CN(C)C=C(N)[C]=O. The van der Waals surface area contributed by atoms with E-state index in [1.54, 1.807) is 25.3 Å². The van der Waals surface area contributed by atoms with Gasteiger partial charge in [0.1, 0.15) is 0 Å². The Morgan fingerprint density at radius 3 is 2.38 bits per heavy atom. The van der Waals surface area contributed by atoms with Crippen molar-refractivity contribution < 1.29 is 4.79 Å². The lowest BCUT2D eigenvalue weighted by Gasteiger charge is -2.02. The molecule has 0 aliphatic heterocycles. The first kappa shape index (κ1) is 7.01. The molecule has 2 N–H and O–H groups in total. The fraction of sp³-hybridized carbons (Fsp3) is 0.400. The summed E-state index contributed by atoms with van der Waals surface area (Å²) in [6, 6.07) is 0. The Morgan fingerprint density at radius 2 is 2.25 bits per heavy atom. The molecule has 0 rings (SSSR count). The highest BCUT2D eigenvalue weighted by molar-refractivity contribution is 5.71. The van der Waals surface area contributed by atoms with Crippen LogP contribution in [0.1, 0.15) is 0 Å². The second kappa shape index (κ2) is 3.07. The van der Waals surface area contributed by atoms with Gasteiger partial charge in [-0.3, -0.25) is 4.79 Å². The molecule has 0 aromatic carbocycles. The lowest BCUT2D eigenvalue weighted by atomic mass is 10.5. The number of rotatable bonds is 2. The third-order valence-electron chi connectivity index (χ3n) is 0.515. The summed E-state index contributed by atoms with van der Waals surface area (Å²) in [4.78, 5) is 11.4. The molecule has 3 heteroatoms. The molecule has 0 saturated carbocycles. The molecule has 0 saturated heterocycles. The van der Waals surface area contributed by atoms with Crippen LogP contribution in [0.15, 0.2) is 11.9 Å². The second-order valence-electron chi connectivity index (χ2n) is 1.65. The van der Waals surface area contributed by atoms with Crippen LogP contribution in [0.5, 0.6) is 0 Å². The van der Waals surface area contributed by atoms with Crippen LogP contribution < -0.4 is 5.73 Å². The smallest absolute Gasteiger partial charge is 0.252 e. The second-order valence-corrected chi connectivity index (χ2v) is 1.65. The molecular formula is C5H9N2O. The number of allylic oxidation sites excluding steroid dienone is 1. The molecule has 0 aliphatic carbocycles. The molecule has 3 nitrogen and oxygen atoms in total. The fourth-order valence-electron chi connectivity index (χ4n) is 0.305. The van der Waals surface area contributed by atoms with Crippen LogP contribution >= 0.6 is 0 Å². The average Bonchev–Trinajstić information content (AvgIpc) is 1.65. The van der Waals surface area contributed by atoms with Gasteiger partial charge in [-0.15, -0.1) is 0 Å². The summed E-state index contributed by atoms with van der Waals surface area (Å²) >= 11 is 0. The molecule has 0 spiro atoms. The van der Waals surface area contributed by atoms with Gasteiger partial charge in [0.2, 0.25) is 0 Å². The van der Waals surface area contributed by atoms with Crippen molar-refractivity contribution in [3.05, 3.63) is 11.9 Å². The van der Waals surface area contributed by atoms with Crippen LogP contribution in [0.3, 0.4) is 0 Å². The van der Waals surface area contributed by atoms with E-state index in [2.05, 4.69) is 0 Å².